The Balaban J connectivity index is 1.94. The third kappa shape index (κ3) is 4.56. The number of nitrogens with one attached hydrogen (secondary N) is 2. The van der Waals surface area contributed by atoms with Crippen molar-refractivity contribution in [2.75, 3.05) is 19.6 Å². The van der Waals surface area contributed by atoms with Gasteiger partial charge in [-0.25, -0.2) is 13.2 Å². The summed E-state index contributed by atoms with van der Waals surface area (Å²) >= 11 is 0. The maximum Gasteiger partial charge on any atom is 0.224 e. The Morgan fingerprint density at radius 3 is 2.48 bits per heavy atom. The molecule has 0 bridgehead atoms. The molecule has 1 heterocycles. The fourth-order valence-corrected chi connectivity index (χ4v) is 2.71. The average Bonchev–Trinajstić information content (AvgIpc) is 2.52. The summed E-state index contributed by atoms with van der Waals surface area (Å²) in [7, 11) is 0. The van der Waals surface area contributed by atoms with Crippen molar-refractivity contribution in [3.63, 3.8) is 0 Å². The Bertz CT molecular complexity index is 709. The highest BCUT2D eigenvalue weighted by Crippen LogP contribution is 2.16. The Kier molecular flexibility index (Phi) is 5.78. The number of hydrogen-bond acceptors (Lipinski definition) is 4. The predicted octanol–water partition coefficient (Wildman–Crippen LogP) is 1.48. The van der Waals surface area contributed by atoms with Gasteiger partial charge < -0.3 is 15.5 Å². The Morgan fingerprint density at radius 2 is 1.88 bits per heavy atom. The van der Waals surface area contributed by atoms with E-state index in [1.807, 2.05) is 0 Å². The number of carbonyl (C=O) groups excluding carboxylic acids is 1. The molecule has 1 unspecified atom stereocenters. The summed E-state index contributed by atoms with van der Waals surface area (Å²) in [5, 5.41) is 15.4. The fraction of sp³-hybridized carbons (Fsp3) is 0.438. The van der Waals surface area contributed by atoms with Gasteiger partial charge in [-0.15, -0.1) is 0 Å². The first kappa shape index (κ1) is 18.9. The minimum atomic E-state index is -1.27. The van der Waals surface area contributed by atoms with Crippen molar-refractivity contribution >= 4 is 17.6 Å². The number of amides is 1. The largest absolute Gasteiger partial charge is 0.333 e. The van der Waals surface area contributed by atoms with Crippen LogP contribution in [0.3, 0.4) is 0 Å². The number of halogens is 3. The number of amidine groups is 2. The van der Waals surface area contributed by atoms with E-state index in [-0.39, 0.29) is 42.5 Å². The van der Waals surface area contributed by atoms with Gasteiger partial charge in [0.25, 0.3) is 0 Å². The molecule has 1 fully saturated rings. The van der Waals surface area contributed by atoms with Crippen LogP contribution in [0.4, 0.5) is 13.2 Å². The summed E-state index contributed by atoms with van der Waals surface area (Å²) in [6.07, 6.45) is -0.207. The molecular weight excluding hydrogens is 335 g/mol. The van der Waals surface area contributed by atoms with Crippen molar-refractivity contribution in [2.45, 2.75) is 25.8 Å². The van der Waals surface area contributed by atoms with Crippen LogP contribution in [0.25, 0.3) is 0 Å². The van der Waals surface area contributed by atoms with Gasteiger partial charge in [-0.05, 0) is 25.0 Å². The first-order valence-corrected chi connectivity index (χ1v) is 7.76. The van der Waals surface area contributed by atoms with Crippen molar-refractivity contribution in [1.29, 1.82) is 10.8 Å². The summed E-state index contributed by atoms with van der Waals surface area (Å²) in [5.41, 5.74) is 5.77. The van der Waals surface area contributed by atoms with Crippen LogP contribution in [0.15, 0.2) is 12.1 Å². The highest BCUT2D eigenvalue weighted by Gasteiger charge is 2.26. The van der Waals surface area contributed by atoms with Gasteiger partial charge in [-0.2, -0.15) is 0 Å². The number of nitrogens with zero attached hydrogens (tertiary/aromatic N) is 2. The molecular formula is C16H20F3N5O. The average molecular weight is 355 g/mol. The molecule has 0 spiro atoms. The van der Waals surface area contributed by atoms with Gasteiger partial charge in [0.15, 0.2) is 11.6 Å². The smallest absolute Gasteiger partial charge is 0.224 e. The molecule has 0 aliphatic carbocycles. The number of nitrogens with two attached hydrogens (primary N) is 1. The minimum Gasteiger partial charge on any atom is -0.333 e. The molecule has 1 aromatic rings. The summed E-state index contributed by atoms with van der Waals surface area (Å²) in [4.78, 5) is 15.2. The first-order chi connectivity index (χ1) is 11.7. The molecule has 1 saturated heterocycles. The van der Waals surface area contributed by atoms with E-state index in [1.54, 1.807) is 6.92 Å². The van der Waals surface area contributed by atoms with E-state index in [4.69, 9.17) is 16.6 Å². The monoisotopic (exact) mass is 355 g/mol. The van der Waals surface area contributed by atoms with Gasteiger partial charge in [0.1, 0.15) is 11.7 Å². The molecule has 0 saturated carbocycles. The molecule has 0 aromatic heterocycles. The molecule has 2 rings (SSSR count). The number of piperazine rings is 1. The molecule has 0 radical (unpaired) electrons. The SMILES string of the molecule is CC(=N)N1CCN(C(=O)CC(N)Cc2cc(F)c(F)cc2F)CC1=N. The summed E-state index contributed by atoms with van der Waals surface area (Å²) in [6.45, 7) is 2.34. The van der Waals surface area contributed by atoms with E-state index in [2.05, 4.69) is 0 Å². The van der Waals surface area contributed by atoms with Crippen LogP contribution in [-0.4, -0.2) is 53.1 Å². The zero-order valence-electron chi connectivity index (χ0n) is 13.8. The van der Waals surface area contributed by atoms with E-state index >= 15 is 0 Å². The van der Waals surface area contributed by atoms with Crippen LogP contribution >= 0.6 is 0 Å². The van der Waals surface area contributed by atoms with E-state index in [0.717, 1.165) is 6.07 Å². The van der Waals surface area contributed by atoms with Gasteiger partial charge in [0.2, 0.25) is 5.91 Å². The number of hydrogen-bond donors (Lipinski definition) is 3. The second kappa shape index (κ2) is 7.64. The third-order valence-electron chi connectivity index (χ3n) is 4.03. The molecule has 1 aromatic carbocycles. The fourth-order valence-electron chi connectivity index (χ4n) is 2.71. The van der Waals surface area contributed by atoms with E-state index in [9.17, 15) is 18.0 Å². The van der Waals surface area contributed by atoms with Crippen molar-refractivity contribution in [1.82, 2.24) is 9.80 Å². The topological polar surface area (TPSA) is 97.3 Å². The Hall–Kier alpha value is -2.42. The zero-order valence-corrected chi connectivity index (χ0v) is 13.8. The molecule has 6 nitrogen and oxygen atoms in total. The van der Waals surface area contributed by atoms with Crippen LogP contribution in [0.1, 0.15) is 18.9 Å². The lowest BCUT2D eigenvalue weighted by molar-refractivity contribution is -0.131. The van der Waals surface area contributed by atoms with Gasteiger partial charge in [0.05, 0.1) is 12.4 Å². The highest BCUT2D eigenvalue weighted by molar-refractivity contribution is 5.99. The highest BCUT2D eigenvalue weighted by atomic mass is 19.2. The second-order valence-electron chi connectivity index (χ2n) is 6.03. The Morgan fingerprint density at radius 1 is 1.24 bits per heavy atom. The number of benzene rings is 1. The van der Waals surface area contributed by atoms with Crippen LogP contribution in [0.5, 0.6) is 0 Å². The third-order valence-corrected chi connectivity index (χ3v) is 4.03. The summed E-state index contributed by atoms with van der Waals surface area (Å²) < 4.78 is 39.8. The lowest BCUT2D eigenvalue weighted by Gasteiger charge is -2.36. The quantitative estimate of drug-likeness (QED) is 0.434. The maximum atomic E-state index is 13.6. The molecule has 4 N–H and O–H groups in total. The van der Waals surface area contributed by atoms with E-state index < -0.39 is 23.5 Å². The zero-order chi connectivity index (χ0) is 18.7. The molecule has 25 heavy (non-hydrogen) atoms. The van der Waals surface area contributed by atoms with Crippen molar-refractivity contribution in [2.24, 2.45) is 5.73 Å². The van der Waals surface area contributed by atoms with Gasteiger partial charge >= 0.3 is 0 Å². The minimum absolute atomic E-state index is 0.0707. The van der Waals surface area contributed by atoms with Crippen molar-refractivity contribution in [3.05, 3.63) is 35.1 Å². The van der Waals surface area contributed by atoms with Crippen LogP contribution < -0.4 is 5.73 Å². The van der Waals surface area contributed by atoms with Crippen molar-refractivity contribution in [3.8, 4) is 0 Å². The molecule has 1 aliphatic rings. The predicted molar refractivity (Wildman–Crippen MR) is 87.0 cm³/mol. The molecule has 1 atom stereocenters. The normalized spacial score (nSPS) is 16.1. The summed E-state index contributed by atoms with van der Waals surface area (Å²) in [6, 6.07) is 0.444. The van der Waals surface area contributed by atoms with Gasteiger partial charge in [-0.1, -0.05) is 0 Å². The maximum absolute atomic E-state index is 13.6. The van der Waals surface area contributed by atoms with Crippen LogP contribution in [0, 0.1) is 28.3 Å². The van der Waals surface area contributed by atoms with E-state index in [0.29, 0.717) is 19.2 Å². The first-order valence-electron chi connectivity index (χ1n) is 7.76. The molecule has 1 amide bonds. The second-order valence-corrected chi connectivity index (χ2v) is 6.03. The molecule has 9 heteroatoms. The van der Waals surface area contributed by atoms with Crippen molar-refractivity contribution < 1.29 is 18.0 Å². The van der Waals surface area contributed by atoms with Crippen LogP contribution in [0.2, 0.25) is 0 Å². The lowest BCUT2D eigenvalue weighted by Crippen LogP contribution is -2.53. The standard InChI is InChI=1S/C16H20F3N5O/c1-9(20)24-3-2-23(8-15(24)22)16(25)6-11(21)4-10-5-13(18)14(19)7-12(10)17/h5,7,11,20,22H,2-4,6,8,21H2,1H3. The van der Waals surface area contributed by atoms with Crippen LogP contribution in [-0.2, 0) is 11.2 Å². The summed E-state index contributed by atoms with van der Waals surface area (Å²) in [5.74, 6) is -3.26. The number of carbonyl (C=O) groups is 1. The van der Waals surface area contributed by atoms with Gasteiger partial charge in [0, 0.05) is 31.6 Å². The Labute approximate surface area is 143 Å². The van der Waals surface area contributed by atoms with Gasteiger partial charge in [-0.3, -0.25) is 15.6 Å². The van der Waals surface area contributed by atoms with E-state index in [1.165, 1.54) is 9.80 Å². The lowest BCUT2D eigenvalue weighted by atomic mass is 10.0. The molecule has 136 valence electrons. The molecule has 1 aliphatic heterocycles. The number of rotatable bonds is 4.